The van der Waals surface area contributed by atoms with Crippen molar-refractivity contribution in [3.05, 3.63) is 9.47 Å². The van der Waals surface area contributed by atoms with E-state index in [1.807, 2.05) is 0 Å². The summed E-state index contributed by atoms with van der Waals surface area (Å²) in [6, 6.07) is 0. The first-order valence-corrected chi connectivity index (χ1v) is 5.25. The van der Waals surface area contributed by atoms with Crippen molar-refractivity contribution in [1.29, 1.82) is 0 Å². The third-order valence-electron chi connectivity index (χ3n) is 1.74. The molecule has 1 aromatic rings. The molecule has 0 saturated carbocycles. The van der Waals surface area contributed by atoms with Crippen molar-refractivity contribution >= 4 is 31.9 Å². The Morgan fingerprint density at radius 2 is 2.33 bits per heavy atom. The molecule has 2 rings (SSSR count). The zero-order valence-electron chi connectivity index (χ0n) is 6.20. The molecule has 1 atom stereocenters. The van der Waals surface area contributed by atoms with Crippen LogP contribution in [-0.2, 0) is 4.74 Å². The fourth-order valence-electron chi connectivity index (χ4n) is 1.22. The molecule has 6 heteroatoms. The van der Waals surface area contributed by atoms with Crippen LogP contribution in [0.1, 0.15) is 19.1 Å². The summed E-state index contributed by atoms with van der Waals surface area (Å²) in [5.74, 6) is 0. The van der Waals surface area contributed by atoms with Crippen molar-refractivity contribution in [2.75, 3.05) is 6.61 Å². The Hall–Kier alpha value is 0.0600. The molecule has 1 aliphatic heterocycles. The molecular weight excluding hydrogens is 290 g/mol. The van der Waals surface area contributed by atoms with Gasteiger partial charge < -0.3 is 4.74 Å². The highest BCUT2D eigenvalue weighted by Crippen LogP contribution is 2.25. The van der Waals surface area contributed by atoms with Crippen molar-refractivity contribution in [2.45, 2.75) is 19.1 Å². The summed E-state index contributed by atoms with van der Waals surface area (Å²) in [5.41, 5.74) is 0. The van der Waals surface area contributed by atoms with Crippen LogP contribution in [-0.4, -0.2) is 21.4 Å². The molecule has 0 spiro atoms. The second kappa shape index (κ2) is 3.43. The van der Waals surface area contributed by atoms with Gasteiger partial charge in [0.15, 0.2) is 11.0 Å². The molecule has 4 nitrogen and oxygen atoms in total. The van der Waals surface area contributed by atoms with Crippen molar-refractivity contribution in [3.63, 3.8) is 0 Å². The van der Waals surface area contributed by atoms with E-state index in [0.29, 0.717) is 9.47 Å². The molecule has 12 heavy (non-hydrogen) atoms. The molecule has 1 aromatic heterocycles. The summed E-state index contributed by atoms with van der Waals surface area (Å²) >= 11 is 6.51. The highest BCUT2D eigenvalue weighted by Gasteiger charge is 2.21. The average molecular weight is 297 g/mol. The minimum Gasteiger partial charge on any atom is -0.356 e. The Morgan fingerprint density at radius 3 is 2.83 bits per heavy atom. The number of ether oxygens (including phenoxy) is 1. The second-order valence-electron chi connectivity index (χ2n) is 2.56. The molecule has 66 valence electrons. The van der Waals surface area contributed by atoms with E-state index in [9.17, 15) is 0 Å². The molecule has 0 unspecified atom stereocenters. The van der Waals surface area contributed by atoms with Gasteiger partial charge in [0.1, 0.15) is 0 Å². The van der Waals surface area contributed by atoms with Gasteiger partial charge >= 0.3 is 0 Å². The van der Waals surface area contributed by atoms with Crippen LogP contribution in [0.15, 0.2) is 9.47 Å². The predicted molar refractivity (Wildman–Crippen MR) is 49.6 cm³/mol. The molecule has 1 saturated heterocycles. The van der Waals surface area contributed by atoms with Gasteiger partial charge in [-0.2, -0.15) is 4.98 Å². The van der Waals surface area contributed by atoms with Crippen molar-refractivity contribution in [1.82, 2.24) is 14.8 Å². The van der Waals surface area contributed by atoms with E-state index in [1.54, 1.807) is 4.68 Å². The summed E-state index contributed by atoms with van der Waals surface area (Å²) in [4.78, 5) is 4.06. The quantitative estimate of drug-likeness (QED) is 0.797. The van der Waals surface area contributed by atoms with E-state index in [1.165, 1.54) is 0 Å². The lowest BCUT2D eigenvalue weighted by atomic mass is 10.3. The minimum atomic E-state index is 0.0539. The molecule has 2 heterocycles. The molecule has 0 bridgehead atoms. The zero-order valence-corrected chi connectivity index (χ0v) is 9.38. The summed E-state index contributed by atoms with van der Waals surface area (Å²) in [5, 5.41) is 4.14. The van der Waals surface area contributed by atoms with E-state index in [-0.39, 0.29) is 6.23 Å². The van der Waals surface area contributed by atoms with Gasteiger partial charge in [0.05, 0.1) is 0 Å². The van der Waals surface area contributed by atoms with Gasteiger partial charge in [0.2, 0.25) is 4.73 Å². The summed E-state index contributed by atoms with van der Waals surface area (Å²) in [7, 11) is 0. The summed E-state index contributed by atoms with van der Waals surface area (Å²) < 4.78 is 8.49. The van der Waals surface area contributed by atoms with E-state index in [2.05, 4.69) is 41.9 Å². The smallest absolute Gasteiger partial charge is 0.218 e. The highest BCUT2D eigenvalue weighted by atomic mass is 79.9. The number of hydrogen-bond acceptors (Lipinski definition) is 3. The van der Waals surface area contributed by atoms with Gasteiger partial charge in [-0.3, -0.25) is 0 Å². The summed E-state index contributed by atoms with van der Waals surface area (Å²) in [6.07, 6.45) is 2.15. The maximum absolute atomic E-state index is 5.44. The van der Waals surface area contributed by atoms with Crippen LogP contribution >= 0.6 is 31.9 Å². The topological polar surface area (TPSA) is 39.9 Å². The maximum atomic E-state index is 5.44. The van der Waals surface area contributed by atoms with Gasteiger partial charge in [0.25, 0.3) is 0 Å². The van der Waals surface area contributed by atoms with Crippen LogP contribution in [0.5, 0.6) is 0 Å². The standard InChI is InChI=1S/C6H7Br2N3O/c7-5-9-6(8)11(10-5)4-2-1-3-12-4/h4H,1-3H2/t4-/m0/s1. The SMILES string of the molecule is Brc1nc(Br)n([C@@H]2CCCO2)n1. The number of nitrogens with zero attached hydrogens (tertiary/aromatic N) is 3. The number of halogens is 2. The molecule has 0 radical (unpaired) electrons. The third-order valence-corrected chi connectivity index (χ3v) is 2.62. The van der Waals surface area contributed by atoms with Gasteiger partial charge in [0, 0.05) is 6.61 Å². The Kier molecular flexibility index (Phi) is 2.47. The first-order chi connectivity index (χ1) is 5.77. The Labute approximate surface area is 86.6 Å². The molecule has 0 aromatic carbocycles. The number of aromatic nitrogens is 3. The van der Waals surface area contributed by atoms with Crippen LogP contribution in [0.4, 0.5) is 0 Å². The Morgan fingerprint density at radius 1 is 1.50 bits per heavy atom. The minimum absolute atomic E-state index is 0.0539. The number of hydrogen-bond donors (Lipinski definition) is 0. The Balaban J connectivity index is 2.25. The van der Waals surface area contributed by atoms with Crippen molar-refractivity contribution in [2.24, 2.45) is 0 Å². The third kappa shape index (κ3) is 1.55. The van der Waals surface area contributed by atoms with Crippen molar-refractivity contribution < 1.29 is 4.74 Å². The van der Waals surface area contributed by atoms with Gasteiger partial charge in [-0.15, -0.1) is 5.10 Å². The summed E-state index contributed by atoms with van der Waals surface area (Å²) in [6.45, 7) is 0.814. The molecule has 1 fully saturated rings. The molecule has 0 aliphatic carbocycles. The molecule has 0 amide bonds. The fourth-order valence-corrected chi connectivity index (χ4v) is 2.27. The first kappa shape index (κ1) is 8.65. The fraction of sp³-hybridized carbons (Fsp3) is 0.667. The highest BCUT2D eigenvalue weighted by molar-refractivity contribution is 9.11. The molecule has 0 N–H and O–H groups in total. The lowest BCUT2D eigenvalue weighted by molar-refractivity contribution is 0.0443. The zero-order chi connectivity index (χ0) is 8.55. The van der Waals surface area contributed by atoms with Gasteiger partial charge in [-0.1, -0.05) is 0 Å². The normalized spacial score (nSPS) is 23.3. The predicted octanol–water partition coefficient (Wildman–Crippen LogP) is 2.11. The first-order valence-electron chi connectivity index (χ1n) is 3.66. The van der Waals surface area contributed by atoms with Crippen LogP contribution in [0, 0.1) is 0 Å². The Bertz CT molecular complexity index is 282. The largest absolute Gasteiger partial charge is 0.356 e. The van der Waals surface area contributed by atoms with Crippen LogP contribution in [0.25, 0.3) is 0 Å². The average Bonchev–Trinajstić information content (AvgIpc) is 2.58. The second-order valence-corrected chi connectivity index (χ2v) is 3.98. The van der Waals surface area contributed by atoms with E-state index in [4.69, 9.17) is 4.74 Å². The van der Waals surface area contributed by atoms with Crippen LogP contribution < -0.4 is 0 Å². The van der Waals surface area contributed by atoms with Crippen molar-refractivity contribution in [3.8, 4) is 0 Å². The van der Waals surface area contributed by atoms with Gasteiger partial charge in [-0.25, -0.2) is 4.68 Å². The lowest BCUT2D eigenvalue weighted by Crippen LogP contribution is -2.09. The van der Waals surface area contributed by atoms with E-state index < -0.39 is 0 Å². The molecule has 1 aliphatic rings. The van der Waals surface area contributed by atoms with Crippen LogP contribution in [0.3, 0.4) is 0 Å². The van der Waals surface area contributed by atoms with E-state index in [0.717, 1.165) is 19.4 Å². The van der Waals surface area contributed by atoms with Crippen LogP contribution in [0.2, 0.25) is 0 Å². The maximum Gasteiger partial charge on any atom is 0.218 e. The monoisotopic (exact) mass is 295 g/mol. The van der Waals surface area contributed by atoms with E-state index >= 15 is 0 Å². The molecular formula is C6H7Br2N3O. The lowest BCUT2D eigenvalue weighted by Gasteiger charge is -2.08. The number of rotatable bonds is 1. The van der Waals surface area contributed by atoms with Gasteiger partial charge in [-0.05, 0) is 44.7 Å².